The second-order valence-electron chi connectivity index (χ2n) is 2.60. The summed E-state index contributed by atoms with van der Waals surface area (Å²) < 4.78 is 0. The lowest BCUT2D eigenvalue weighted by molar-refractivity contribution is 0.0655. The van der Waals surface area contributed by atoms with Crippen LogP contribution in [0.15, 0.2) is 0 Å². The molecule has 0 aromatic carbocycles. The maximum Gasteiger partial charge on any atom is 0.346 e. The second-order valence-corrected chi connectivity index (χ2v) is 3.82. The summed E-state index contributed by atoms with van der Waals surface area (Å²) in [6, 6.07) is 0. The molecule has 0 saturated heterocycles. The molecule has 0 spiro atoms. The molecule has 1 aromatic rings. The molecule has 0 atom stereocenters. The van der Waals surface area contributed by atoms with Crippen LogP contribution in [0, 0.1) is 13.8 Å². The highest BCUT2D eigenvalue weighted by atomic mass is 32.1. The van der Waals surface area contributed by atoms with E-state index in [4.69, 9.17) is 10.2 Å². The maximum atomic E-state index is 10.7. The summed E-state index contributed by atoms with van der Waals surface area (Å²) in [5, 5.41) is 17.5. The van der Waals surface area contributed by atoms with E-state index in [1.165, 1.54) is 0 Å². The fraction of sp³-hybridized carbons (Fsp3) is 0.250. The molecule has 0 saturated carbocycles. The van der Waals surface area contributed by atoms with Crippen molar-refractivity contribution in [1.29, 1.82) is 0 Å². The summed E-state index contributed by atoms with van der Waals surface area (Å²) >= 11 is 0.997. The van der Waals surface area contributed by atoms with Crippen molar-refractivity contribution in [1.82, 2.24) is 0 Å². The lowest BCUT2D eigenvalue weighted by atomic mass is 10.1. The van der Waals surface area contributed by atoms with Gasteiger partial charge in [-0.15, -0.1) is 11.3 Å². The van der Waals surface area contributed by atoms with Crippen LogP contribution in [0.5, 0.6) is 0 Å². The molecule has 13 heavy (non-hydrogen) atoms. The monoisotopic (exact) mass is 200 g/mol. The fourth-order valence-electron chi connectivity index (χ4n) is 1.04. The third kappa shape index (κ3) is 1.55. The predicted octanol–water partition coefficient (Wildman–Crippen LogP) is 1.76. The molecular formula is C8H8O4S. The highest BCUT2D eigenvalue weighted by Crippen LogP contribution is 2.27. The number of carboxylic acid groups (broad SMARTS) is 2. The van der Waals surface area contributed by atoms with Gasteiger partial charge in [0.1, 0.15) is 4.88 Å². The molecule has 1 heterocycles. The molecule has 0 bridgehead atoms. The molecule has 1 rings (SSSR count). The summed E-state index contributed by atoms with van der Waals surface area (Å²) in [5.74, 6) is -2.36. The van der Waals surface area contributed by atoms with Crippen LogP contribution in [-0.2, 0) is 0 Å². The van der Waals surface area contributed by atoms with E-state index in [2.05, 4.69) is 0 Å². The van der Waals surface area contributed by atoms with Gasteiger partial charge >= 0.3 is 11.9 Å². The van der Waals surface area contributed by atoms with Crippen LogP contribution in [0.4, 0.5) is 0 Å². The van der Waals surface area contributed by atoms with Crippen LogP contribution in [0.25, 0.3) is 0 Å². The first-order valence-electron chi connectivity index (χ1n) is 3.51. The van der Waals surface area contributed by atoms with Gasteiger partial charge in [-0.1, -0.05) is 0 Å². The molecule has 1 aromatic heterocycles. The summed E-state index contributed by atoms with van der Waals surface area (Å²) in [6.45, 7) is 3.32. The lowest BCUT2D eigenvalue weighted by Crippen LogP contribution is -2.05. The Labute approximate surface area is 78.4 Å². The molecule has 0 unspecified atom stereocenters. The SMILES string of the molecule is Cc1sc(C(=O)O)c(C(=O)O)c1C. The molecule has 5 heteroatoms. The van der Waals surface area contributed by atoms with E-state index in [-0.39, 0.29) is 10.4 Å². The van der Waals surface area contributed by atoms with Gasteiger partial charge in [-0.05, 0) is 19.4 Å². The molecule has 0 aliphatic heterocycles. The van der Waals surface area contributed by atoms with Crippen LogP contribution in [0.2, 0.25) is 0 Å². The fourth-order valence-corrected chi connectivity index (χ4v) is 2.03. The molecule has 0 radical (unpaired) electrons. The molecular weight excluding hydrogens is 192 g/mol. The van der Waals surface area contributed by atoms with Gasteiger partial charge in [0.05, 0.1) is 5.56 Å². The Morgan fingerprint density at radius 2 is 1.69 bits per heavy atom. The maximum absolute atomic E-state index is 10.7. The highest BCUT2D eigenvalue weighted by Gasteiger charge is 2.22. The third-order valence-electron chi connectivity index (χ3n) is 1.79. The number of carboxylic acids is 2. The normalized spacial score (nSPS) is 10.0. The molecule has 0 amide bonds. The van der Waals surface area contributed by atoms with Crippen molar-refractivity contribution in [3.8, 4) is 0 Å². The van der Waals surface area contributed by atoms with E-state index < -0.39 is 11.9 Å². The van der Waals surface area contributed by atoms with Crippen LogP contribution in [-0.4, -0.2) is 22.2 Å². The van der Waals surface area contributed by atoms with Crippen molar-refractivity contribution in [3.05, 3.63) is 20.9 Å². The zero-order valence-corrected chi connectivity index (χ0v) is 7.94. The van der Waals surface area contributed by atoms with Gasteiger partial charge in [0.25, 0.3) is 0 Å². The molecule has 0 fully saturated rings. The summed E-state index contributed by atoms with van der Waals surface area (Å²) in [7, 11) is 0. The average molecular weight is 200 g/mol. The first kappa shape index (κ1) is 9.73. The number of aromatic carboxylic acids is 2. The first-order chi connectivity index (χ1) is 5.95. The molecule has 0 aliphatic rings. The van der Waals surface area contributed by atoms with Crippen LogP contribution in [0.3, 0.4) is 0 Å². The van der Waals surface area contributed by atoms with E-state index in [1.54, 1.807) is 13.8 Å². The molecule has 2 N–H and O–H groups in total. The number of rotatable bonds is 2. The largest absolute Gasteiger partial charge is 0.478 e. The third-order valence-corrected chi connectivity index (χ3v) is 2.99. The smallest absolute Gasteiger partial charge is 0.346 e. The highest BCUT2D eigenvalue weighted by molar-refractivity contribution is 7.14. The quantitative estimate of drug-likeness (QED) is 0.762. The standard InChI is InChI=1S/C8H8O4S/c1-3-4(2)13-6(8(11)12)5(3)7(9)10/h1-2H3,(H,9,10)(H,11,12). The van der Waals surface area contributed by atoms with E-state index in [0.29, 0.717) is 5.56 Å². The van der Waals surface area contributed by atoms with Gasteiger partial charge in [-0.3, -0.25) is 0 Å². The van der Waals surface area contributed by atoms with Crippen molar-refractivity contribution in [2.24, 2.45) is 0 Å². The number of thiophene rings is 1. The van der Waals surface area contributed by atoms with Crippen molar-refractivity contribution < 1.29 is 19.8 Å². The zero-order valence-electron chi connectivity index (χ0n) is 7.12. The van der Waals surface area contributed by atoms with E-state index in [1.807, 2.05) is 0 Å². The van der Waals surface area contributed by atoms with E-state index in [9.17, 15) is 9.59 Å². The van der Waals surface area contributed by atoms with Gasteiger partial charge < -0.3 is 10.2 Å². The predicted molar refractivity (Wildman–Crippen MR) is 47.7 cm³/mol. The summed E-state index contributed by atoms with van der Waals surface area (Å²) in [4.78, 5) is 22.0. The average Bonchev–Trinajstić information content (AvgIpc) is 2.28. The van der Waals surface area contributed by atoms with Crippen molar-refractivity contribution in [2.45, 2.75) is 13.8 Å². The number of carbonyl (C=O) groups is 2. The second kappa shape index (κ2) is 3.18. The summed E-state index contributed by atoms with van der Waals surface area (Å²) in [6.07, 6.45) is 0. The topological polar surface area (TPSA) is 74.6 Å². The minimum Gasteiger partial charge on any atom is -0.478 e. The number of aryl methyl sites for hydroxylation is 1. The minimum absolute atomic E-state index is 0.0880. The number of hydrogen-bond donors (Lipinski definition) is 2. The molecule has 0 aliphatic carbocycles. The first-order valence-corrected chi connectivity index (χ1v) is 4.33. The van der Waals surface area contributed by atoms with Gasteiger partial charge in [0.2, 0.25) is 0 Å². The van der Waals surface area contributed by atoms with E-state index in [0.717, 1.165) is 16.2 Å². The van der Waals surface area contributed by atoms with Gasteiger partial charge in [0, 0.05) is 4.88 Å². The van der Waals surface area contributed by atoms with Crippen LogP contribution >= 0.6 is 11.3 Å². The lowest BCUT2D eigenvalue weighted by Gasteiger charge is -1.94. The molecule has 70 valence electrons. The van der Waals surface area contributed by atoms with Gasteiger partial charge in [-0.2, -0.15) is 0 Å². The number of hydrogen-bond acceptors (Lipinski definition) is 3. The van der Waals surface area contributed by atoms with Crippen LogP contribution < -0.4 is 0 Å². The Hall–Kier alpha value is -1.36. The van der Waals surface area contributed by atoms with Crippen molar-refractivity contribution in [2.75, 3.05) is 0 Å². The van der Waals surface area contributed by atoms with Crippen molar-refractivity contribution in [3.63, 3.8) is 0 Å². The zero-order chi connectivity index (χ0) is 10.2. The molecule has 4 nitrogen and oxygen atoms in total. The Morgan fingerprint density at radius 3 is 2.00 bits per heavy atom. The Kier molecular flexibility index (Phi) is 2.38. The minimum atomic E-state index is -1.18. The Morgan fingerprint density at radius 1 is 1.15 bits per heavy atom. The summed E-state index contributed by atoms with van der Waals surface area (Å²) in [5.41, 5.74) is 0.449. The van der Waals surface area contributed by atoms with Crippen LogP contribution in [0.1, 0.15) is 30.5 Å². The van der Waals surface area contributed by atoms with Gasteiger partial charge in [0.15, 0.2) is 0 Å². The Balaban J connectivity index is 3.44. The van der Waals surface area contributed by atoms with Gasteiger partial charge in [-0.25, -0.2) is 9.59 Å². The van der Waals surface area contributed by atoms with E-state index >= 15 is 0 Å². The Bertz CT molecular complexity index is 378. The van der Waals surface area contributed by atoms with Crippen molar-refractivity contribution >= 4 is 23.3 Å².